The number of hydrogen-bond donors (Lipinski definition) is 5. The first-order valence-electron chi connectivity index (χ1n) is 33.8. The van der Waals surface area contributed by atoms with Gasteiger partial charge < -0.3 is 45.5 Å². The number of rotatable bonds is 30. The molecule has 3 fully saturated rings. The van der Waals surface area contributed by atoms with E-state index >= 15 is 0 Å². The fourth-order valence-corrected chi connectivity index (χ4v) is 14.2. The van der Waals surface area contributed by atoms with Gasteiger partial charge in [0.15, 0.2) is 0 Å². The van der Waals surface area contributed by atoms with Crippen molar-refractivity contribution in [1.82, 2.24) is 40.6 Å². The number of aliphatic hydroxyl groups is 1. The van der Waals surface area contributed by atoms with Gasteiger partial charge >= 0.3 is 0 Å². The van der Waals surface area contributed by atoms with Crippen LogP contribution in [0.2, 0.25) is 0 Å². The lowest BCUT2D eigenvalue weighted by molar-refractivity contribution is -0.144. The van der Waals surface area contributed by atoms with Gasteiger partial charge in [0.25, 0.3) is 11.5 Å². The summed E-state index contributed by atoms with van der Waals surface area (Å²) < 4.78 is 5.72. The summed E-state index contributed by atoms with van der Waals surface area (Å²) in [6.07, 6.45) is 15.1. The molecule has 18 heteroatoms. The van der Waals surface area contributed by atoms with Gasteiger partial charge in [0.2, 0.25) is 23.6 Å². The van der Waals surface area contributed by atoms with Gasteiger partial charge in [-0.25, -0.2) is 4.98 Å². The van der Waals surface area contributed by atoms with Crippen molar-refractivity contribution >= 4 is 46.6 Å². The summed E-state index contributed by atoms with van der Waals surface area (Å²) in [5, 5.41) is 19.8. The maximum absolute atomic E-state index is 14.2. The van der Waals surface area contributed by atoms with E-state index in [0.29, 0.717) is 30.0 Å². The monoisotopic (exact) mass is 1270 g/mol. The molecule has 3 saturated heterocycles. The summed E-state index contributed by atoms with van der Waals surface area (Å²) in [5.41, 5.74) is 12.0. The normalized spacial score (nSPS) is 17.2. The van der Waals surface area contributed by atoms with E-state index in [1.54, 1.807) is 11.3 Å². The van der Waals surface area contributed by atoms with E-state index in [4.69, 9.17) is 4.74 Å². The molecule has 5 aromatic rings. The Morgan fingerprint density at radius 2 is 1.40 bits per heavy atom. The van der Waals surface area contributed by atoms with Gasteiger partial charge in [0.1, 0.15) is 12.1 Å². The van der Waals surface area contributed by atoms with Gasteiger partial charge in [-0.3, -0.25) is 33.7 Å². The molecule has 494 valence electrons. The molecule has 0 spiro atoms. The minimum atomic E-state index is -0.846. The number of carbonyl (C=O) groups excluding carboxylic acids is 5. The van der Waals surface area contributed by atoms with Gasteiger partial charge in [-0.2, -0.15) is 0 Å². The van der Waals surface area contributed by atoms with Crippen LogP contribution < -0.4 is 26.4 Å². The minimum absolute atomic E-state index is 0.0345. The van der Waals surface area contributed by atoms with E-state index in [1.807, 2.05) is 102 Å². The molecule has 3 aliphatic heterocycles. The Balaban J connectivity index is 0.675. The molecule has 0 saturated carbocycles. The van der Waals surface area contributed by atoms with Gasteiger partial charge in [0, 0.05) is 113 Å². The molecule has 0 bridgehead atoms. The predicted molar refractivity (Wildman–Crippen MR) is 364 cm³/mol. The Bertz CT molecular complexity index is 3270. The number of aromatic amines is 1. The topological polar surface area (TPSA) is 210 Å². The van der Waals surface area contributed by atoms with Crippen LogP contribution in [0, 0.1) is 33.1 Å². The number of ether oxygens (including phenoxy) is 1. The number of pyridine rings is 1. The van der Waals surface area contributed by atoms with Gasteiger partial charge in [-0.15, -0.1) is 11.3 Å². The van der Waals surface area contributed by atoms with Crippen molar-refractivity contribution in [3.63, 3.8) is 0 Å². The Morgan fingerprint density at radius 1 is 0.780 bits per heavy atom. The number of unbranched alkanes of at least 4 members (excludes halogenated alkanes) is 11. The SMILES string of the molecule is CCN(c1cc(-c2ccc(CN3CCN(C(=O)CCCCCCCCCCCCCCC(=O)N[C@H](C(=O)N4C[C@H](O)C[C@H]4C(=O)N[C@@H](C)c4ccc(-c5scnc5C)cc4)C(C)(C)C)CC3)cc2)cc(C(=O)NCc2c(C)cc(C)[nH]c2=O)c1C)C1CCOCC1. The highest BCUT2D eigenvalue weighted by molar-refractivity contribution is 7.13. The van der Waals surface area contributed by atoms with Crippen molar-refractivity contribution in [3.8, 4) is 21.6 Å². The molecule has 2 aromatic heterocycles. The molecule has 91 heavy (non-hydrogen) atoms. The van der Waals surface area contributed by atoms with E-state index in [2.05, 4.69) is 73.0 Å². The molecule has 0 unspecified atom stereocenters. The van der Waals surface area contributed by atoms with Crippen LogP contribution >= 0.6 is 11.3 Å². The zero-order chi connectivity index (χ0) is 65.2. The number of aliphatic hydroxyl groups excluding tert-OH is 1. The van der Waals surface area contributed by atoms with Crippen LogP contribution in [-0.2, 0) is 37.0 Å². The van der Waals surface area contributed by atoms with Gasteiger partial charge in [-0.1, -0.05) is 134 Å². The lowest BCUT2D eigenvalue weighted by atomic mass is 9.85. The summed E-state index contributed by atoms with van der Waals surface area (Å²) in [5.74, 6) is -0.799. The quantitative estimate of drug-likeness (QED) is 0.0273. The molecule has 17 nitrogen and oxygen atoms in total. The van der Waals surface area contributed by atoms with Crippen LogP contribution in [0.25, 0.3) is 21.6 Å². The average molecular weight is 1270 g/mol. The predicted octanol–water partition coefficient (Wildman–Crippen LogP) is 11.8. The summed E-state index contributed by atoms with van der Waals surface area (Å²) in [6, 6.07) is 21.1. The van der Waals surface area contributed by atoms with Crippen molar-refractivity contribution in [2.45, 2.75) is 215 Å². The number of likely N-dealkylation sites (tertiary alicyclic amines) is 1. The molecule has 5 amide bonds. The first kappa shape index (κ1) is 70.1. The van der Waals surface area contributed by atoms with Crippen molar-refractivity contribution in [3.05, 3.63) is 127 Å². The number of anilines is 1. The number of H-pyrrole nitrogens is 1. The molecule has 5 heterocycles. The number of aryl methyl sites for hydroxylation is 3. The third-order valence-electron chi connectivity index (χ3n) is 18.8. The Hall–Kier alpha value is -6.73. The number of carbonyl (C=O) groups is 5. The molecule has 5 N–H and O–H groups in total. The molecule has 8 rings (SSSR count). The fraction of sp³-hybridized carbons (Fsp3) is 0.575. The van der Waals surface area contributed by atoms with Crippen LogP contribution in [0.5, 0.6) is 0 Å². The highest BCUT2D eigenvalue weighted by atomic mass is 32.1. The minimum Gasteiger partial charge on any atom is -0.391 e. The first-order chi connectivity index (χ1) is 43.7. The van der Waals surface area contributed by atoms with E-state index in [1.165, 1.54) is 42.6 Å². The number of thiazole rings is 1. The number of nitrogens with one attached hydrogen (secondary N) is 4. The second-order valence-electron chi connectivity index (χ2n) is 26.9. The van der Waals surface area contributed by atoms with Crippen molar-refractivity contribution in [2.24, 2.45) is 5.41 Å². The van der Waals surface area contributed by atoms with E-state index < -0.39 is 23.6 Å². The molecule has 0 aliphatic carbocycles. The zero-order valence-electron chi connectivity index (χ0n) is 55.9. The number of hydrogen-bond acceptors (Lipinski definition) is 12. The first-order valence-corrected chi connectivity index (χ1v) is 34.7. The number of aromatic nitrogens is 2. The summed E-state index contributed by atoms with van der Waals surface area (Å²) in [4.78, 5) is 98.0. The van der Waals surface area contributed by atoms with E-state index in [0.717, 1.165) is 166 Å². The number of β-amino-alcohol motifs (C(OH)–C–C–N with tert-alkyl or cyclic N) is 1. The number of amides is 5. The van der Waals surface area contributed by atoms with Crippen LogP contribution in [-0.4, -0.2) is 136 Å². The molecular weight excluding hydrogens is 1160 g/mol. The van der Waals surface area contributed by atoms with Crippen LogP contribution in [0.3, 0.4) is 0 Å². The average Bonchev–Trinajstić information content (AvgIpc) is 2.11. The molecule has 0 radical (unpaired) electrons. The molecule has 3 aliphatic rings. The van der Waals surface area contributed by atoms with Crippen molar-refractivity contribution < 1.29 is 33.8 Å². The van der Waals surface area contributed by atoms with Crippen LogP contribution in [0.1, 0.15) is 199 Å². The number of nitrogens with zero attached hydrogens (tertiary/aromatic N) is 5. The smallest absolute Gasteiger partial charge is 0.253 e. The fourth-order valence-electron chi connectivity index (χ4n) is 13.3. The largest absolute Gasteiger partial charge is 0.391 e. The second kappa shape index (κ2) is 33.7. The number of benzene rings is 3. The maximum atomic E-state index is 14.2. The zero-order valence-corrected chi connectivity index (χ0v) is 56.7. The summed E-state index contributed by atoms with van der Waals surface area (Å²) in [7, 11) is 0. The molecular formula is C73H103N9O8S. The van der Waals surface area contributed by atoms with Gasteiger partial charge in [0.05, 0.1) is 28.2 Å². The van der Waals surface area contributed by atoms with Gasteiger partial charge in [-0.05, 0) is 130 Å². The number of piperazine rings is 1. The van der Waals surface area contributed by atoms with Crippen LogP contribution in [0.4, 0.5) is 5.69 Å². The van der Waals surface area contributed by atoms with Crippen molar-refractivity contribution in [1.29, 1.82) is 0 Å². The Kier molecular flexibility index (Phi) is 26.0. The molecule has 3 aromatic carbocycles. The standard InChI is InChI=1S/C73H103N9O8S/c1-10-81(59-33-39-90-40-34-59)63-43-58(42-61(51(63)4)69(86)74-45-62-49(2)41-50(3)76-70(62)87)56-27-25-54(26-28-56)46-79-35-37-80(38-36-79)66(85)24-22-20-18-16-14-12-11-13-15-17-19-21-23-65(84)78-68(73(7,8)9)72(89)82-47-60(83)44-64(82)71(88)77-52(5)55-29-31-57(32-30-55)67-53(6)75-48-91-67/h25-32,41-43,48,52,59-60,64,68,83H,10-24,33-40,44-47H2,1-9H3,(H,74,86)(H,76,87)(H,77,88)(H,78,84)/t52-,60+,64-,68+/m0/s1. The Labute approximate surface area is 544 Å². The lowest BCUT2D eigenvalue weighted by Gasteiger charge is -2.37. The van der Waals surface area contributed by atoms with E-state index in [9.17, 15) is 33.9 Å². The maximum Gasteiger partial charge on any atom is 0.253 e. The summed E-state index contributed by atoms with van der Waals surface area (Å²) in [6.45, 7) is 23.9. The third kappa shape index (κ3) is 19.7. The highest BCUT2D eigenvalue weighted by Gasteiger charge is 2.45. The Morgan fingerprint density at radius 3 is 1.99 bits per heavy atom. The lowest BCUT2D eigenvalue weighted by Crippen LogP contribution is -2.57. The third-order valence-corrected chi connectivity index (χ3v) is 19.8. The highest BCUT2D eigenvalue weighted by Crippen LogP contribution is 2.35. The van der Waals surface area contributed by atoms with Crippen LogP contribution in [0.15, 0.2) is 77.0 Å². The second-order valence-corrected chi connectivity index (χ2v) is 27.8. The molecule has 4 atom stereocenters. The summed E-state index contributed by atoms with van der Waals surface area (Å²) >= 11 is 1.59. The van der Waals surface area contributed by atoms with E-state index in [-0.39, 0.29) is 60.6 Å². The van der Waals surface area contributed by atoms with Crippen molar-refractivity contribution in [2.75, 3.05) is 57.4 Å².